The molecule has 1 aromatic heterocycles. The first-order valence-corrected chi connectivity index (χ1v) is 4.60. The van der Waals surface area contributed by atoms with Crippen LogP contribution in [0, 0.1) is 0 Å². The Morgan fingerprint density at radius 1 is 1.79 bits per heavy atom. The van der Waals surface area contributed by atoms with Crippen LogP contribution < -0.4 is 11.1 Å². The van der Waals surface area contributed by atoms with Gasteiger partial charge in [0.05, 0.1) is 11.1 Å². The normalized spacial score (nSPS) is 12.4. The Morgan fingerprint density at radius 2 is 2.50 bits per heavy atom. The first-order valence-electron chi connectivity index (χ1n) is 4.22. The van der Waals surface area contributed by atoms with Crippen molar-refractivity contribution in [2.75, 3.05) is 0 Å². The summed E-state index contributed by atoms with van der Waals surface area (Å²) in [5.74, 6) is -0.379. The molecule has 4 nitrogen and oxygen atoms in total. The fourth-order valence-electron chi connectivity index (χ4n) is 0.911. The summed E-state index contributed by atoms with van der Waals surface area (Å²) in [6.45, 7) is 2.21. The van der Waals surface area contributed by atoms with Gasteiger partial charge in [0.25, 0.3) is 0 Å². The smallest absolute Gasteiger partial charge is 0.234 e. The van der Waals surface area contributed by atoms with Crippen LogP contribution in [-0.2, 0) is 11.3 Å². The van der Waals surface area contributed by atoms with E-state index in [-0.39, 0.29) is 11.9 Å². The second-order valence-corrected chi connectivity index (χ2v) is 3.38. The van der Waals surface area contributed by atoms with Crippen molar-refractivity contribution >= 4 is 17.5 Å². The number of aromatic nitrogens is 1. The molecule has 0 aliphatic heterocycles. The number of halogens is 1. The Labute approximate surface area is 87.5 Å². The van der Waals surface area contributed by atoms with E-state index >= 15 is 0 Å². The molecule has 0 aliphatic rings. The fourth-order valence-corrected chi connectivity index (χ4v) is 1.10. The Morgan fingerprint density at radius 3 is 3.07 bits per heavy atom. The van der Waals surface area contributed by atoms with Crippen LogP contribution in [0.15, 0.2) is 18.5 Å². The van der Waals surface area contributed by atoms with E-state index in [0.29, 0.717) is 11.6 Å². The number of pyridine rings is 1. The number of hydrogen-bond acceptors (Lipinski definition) is 3. The highest BCUT2D eigenvalue weighted by molar-refractivity contribution is 6.31. The summed E-state index contributed by atoms with van der Waals surface area (Å²) in [5, 5.41) is 3.53. The number of primary amides is 1. The summed E-state index contributed by atoms with van der Waals surface area (Å²) in [5.41, 5.74) is 5.99. The number of hydrogen-bond donors (Lipinski definition) is 2. The number of nitrogens with two attached hydrogens (primary N) is 1. The van der Waals surface area contributed by atoms with Crippen molar-refractivity contribution in [3.05, 3.63) is 29.0 Å². The van der Waals surface area contributed by atoms with Gasteiger partial charge in [-0.1, -0.05) is 11.6 Å². The molecule has 1 unspecified atom stereocenters. The number of rotatable bonds is 4. The molecule has 1 heterocycles. The van der Waals surface area contributed by atoms with Crippen LogP contribution in [0.3, 0.4) is 0 Å². The van der Waals surface area contributed by atoms with E-state index in [9.17, 15) is 4.79 Å². The Kier molecular flexibility index (Phi) is 3.85. The van der Waals surface area contributed by atoms with Gasteiger partial charge in [0, 0.05) is 18.9 Å². The molecule has 5 heteroatoms. The second kappa shape index (κ2) is 4.93. The van der Waals surface area contributed by atoms with Crippen LogP contribution >= 0.6 is 11.6 Å². The van der Waals surface area contributed by atoms with Crippen LogP contribution in [0.25, 0.3) is 0 Å². The standard InChI is InChI=1S/C9H12ClN3O/c1-6(9(11)14)13-4-7-2-3-12-5-8(7)10/h2-3,5-6,13H,4H2,1H3,(H2,11,14). The molecule has 0 aliphatic carbocycles. The average molecular weight is 214 g/mol. The van der Waals surface area contributed by atoms with Crippen molar-refractivity contribution < 1.29 is 4.79 Å². The summed E-state index contributed by atoms with van der Waals surface area (Å²) >= 11 is 5.87. The third kappa shape index (κ3) is 2.97. The van der Waals surface area contributed by atoms with Crippen molar-refractivity contribution in [3.8, 4) is 0 Å². The molecular weight excluding hydrogens is 202 g/mol. The maximum Gasteiger partial charge on any atom is 0.234 e. The van der Waals surface area contributed by atoms with Crippen molar-refractivity contribution in [1.29, 1.82) is 0 Å². The summed E-state index contributed by atoms with van der Waals surface area (Å²) in [6, 6.07) is 1.43. The van der Waals surface area contributed by atoms with E-state index in [4.69, 9.17) is 17.3 Å². The minimum Gasteiger partial charge on any atom is -0.368 e. The topological polar surface area (TPSA) is 68.0 Å². The molecule has 0 bridgehead atoms. The predicted molar refractivity (Wildman–Crippen MR) is 54.7 cm³/mol. The molecule has 0 radical (unpaired) electrons. The second-order valence-electron chi connectivity index (χ2n) is 2.97. The molecule has 0 fully saturated rings. The van der Waals surface area contributed by atoms with Gasteiger partial charge < -0.3 is 11.1 Å². The highest BCUT2D eigenvalue weighted by Gasteiger charge is 2.08. The monoisotopic (exact) mass is 213 g/mol. The van der Waals surface area contributed by atoms with Gasteiger partial charge in [-0.3, -0.25) is 9.78 Å². The van der Waals surface area contributed by atoms with E-state index in [1.165, 1.54) is 0 Å². The molecule has 1 atom stereocenters. The van der Waals surface area contributed by atoms with Gasteiger partial charge in [-0.25, -0.2) is 0 Å². The maximum atomic E-state index is 10.7. The molecule has 0 saturated heterocycles. The van der Waals surface area contributed by atoms with Gasteiger partial charge >= 0.3 is 0 Å². The summed E-state index contributed by atoms with van der Waals surface area (Å²) in [6.07, 6.45) is 3.21. The van der Waals surface area contributed by atoms with Crippen LogP contribution in [0.4, 0.5) is 0 Å². The summed E-state index contributed by atoms with van der Waals surface area (Å²) < 4.78 is 0. The number of amides is 1. The van der Waals surface area contributed by atoms with Crippen LogP contribution in [0.2, 0.25) is 5.02 Å². The Balaban J connectivity index is 2.54. The quantitative estimate of drug-likeness (QED) is 0.774. The zero-order valence-electron chi connectivity index (χ0n) is 7.83. The van der Waals surface area contributed by atoms with Gasteiger partial charge in [-0.05, 0) is 18.6 Å². The lowest BCUT2D eigenvalue weighted by atomic mass is 10.2. The molecule has 3 N–H and O–H groups in total. The lowest BCUT2D eigenvalue weighted by Crippen LogP contribution is -2.38. The van der Waals surface area contributed by atoms with Gasteiger partial charge in [0.15, 0.2) is 0 Å². The first-order chi connectivity index (χ1) is 6.61. The Hall–Kier alpha value is -1.13. The molecule has 0 saturated carbocycles. The summed E-state index contributed by atoms with van der Waals surface area (Å²) in [7, 11) is 0. The Bertz CT molecular complexity index is 330. The number of nitrogens with one attached hydrogen (secondary N) is 1. The van der Waals surface area contributed by atoms with Gasteiger partial charge in [-0.2, -0.15) is 0 Å². The summed E-state index contributed by atoms with van der Waals surface area (Å²) in [4.78, 5) is 14.6. The van der Waals surface area contributed by atoms with Crippen LogP contribution in [-0.4, -0.2) is 16.9 Å². The van der Waals surface area contributed by atoms with E-state index in [1.54, 1.807) is 25.4 Å². The zero-order chi connectivity index (χ0) is 10.6. The molecule has 1 amide bonds. The predicted octanol–water partition coefficient (Wildman–Crippen LogP) is 0.698. The number of carbonyl (C=O) groups excluding carboxylic acids is 1. The fraction of sp³-hybridized carbons (Fsp3) is 0.333. The van der Waals surface area contributed by atoms with Crippen LogP contribution in [0.1, 0.15) is 12.5 Å². The van der Waals surface area contributed by atoms with Gasteiger partial charge in [0.1, 0.15) is 0 Å². The molecular formula is C9H12ClN3O. The van der Waals surface area contributed by atoms with Crippen molar-refractivity contribution in [2.24, 2.45) is 5.73 Å². The SMILES string of the molecule is CC(NCc1ccncc1Cl)C(N)=O. The largest absolute Gasteiger partial charge is 0.368 e. The molecule has 14 heavy (non-hydrogen) atoms. The third-order valence-electron chi connectivity index (χ3n) is 1.88. The molecule has 0 aromatic carbocycles. The highest BCUT2D eigenvalue weighted by atomic mass is 35.5. The molecule has 1 aromatic rings. The lowest BCUT2D eigenvalue weighted by molar-refractivity contribution is -0.119. The van der Waals surface area contributed by atoms with Gasteiger partial charge in [-0.15, -0.1) is 0 Å². The minimum atomic E-state index is -0.379. The van der Waals surface area contributed by atoms with E-state index < -0.39 is 0 Å². The lowest BCUT2D eigenvalue weighted by Gasteiger charge is -2.10. The van der Waals surface area contributed by atoms with Crippen molar-refractivity contribution in [3.63, 3.8) is 0 Å². The molecule has 0 spiro atoms. The maximum absolute atomic E-state index is 10.7. The number of carbonyl (C=O) groups is 1. The average Bonchev–Trinajstić information content (AvgIpc) is 2.16. The first kappa shape index (κ1) is 10.9. The van der Waals surface area contributed by atoms with Crippen LogP contribution in [0.5, 0.6) is 0 Å². The minimum absolute atomic E-state index is 0.362. The molecule has 76 valence electrons. The zero-order valence-corrected chi connectivity index (χ0v) is 8.58. The third-order valence-corrected chi connectivity index (χ3v) is 2.22. The highest BCUT2D eigenvalue weighted by Crippen LogP contribution is 2.12. The van der Waals surface area contributed by atoms with Crippen molar-refractivity contribution in [1.82, 2.24) is 10.3 Å². The van der Waals surface area contributed by atoms with E-state index in [0.717, 1.165) is 5.56 Å². The number of nitrogens with zero attached hydrogens (tertiary/aromatic N) is 1. The van der Waals surface area contributed by atoms with Crippen molar-refractivity contribution in [2.45, 2.75) is 19.5 Å². The molecule has 1 rings (SSSR count). The van der Waals surface area contributed by atoms with E-state index in [2.05, 4.69) is 10.3 Å². The van der Waals surface area contributed by atoms with Gasteiger partial charge in [0.2, 0.25) is 5.91 Å². The van der Waals surface area contributed by atoms with E-state index in [1.807, 2.05) is 0 Å².